The van der Waals surface area contributed by atoms with Gasteiger partial charge >= 0.3 is 5.69 Å². The van der Waals surface area contributed by atoms with Gasteiger partial charge in [-0.25, -0.2) is 4.79 Å². The molecule has 0 radical (unpaired) electrons. The lowest BCUT2D eigenvalue weighted by Gasteiger charge is -2.10. The Morgan fingerprint density at radius 2 is 1.74 bits per heavy atom. The maximum atomic E-state index is 13.3. The average Bonchev–Trinajstić information content (AvgIpc) is 3.22. The first kappa shape index (κ1) is 20.6. The van der Waals surface area contributed by atoms with E-state index in [0.717, 1.165) is 23.5 Å². The van der Waals surface area contributed by atoms with Crippen molar-refractivity contribution in [3.63, 3.8) is 0 Å². The molecule has 162 valence electrons. The summed E-state index contributed by atoms with van der Waals surface area (Å²) in [6, 6.07) is 6.87. The van der Waals surface area contributed by atoms with Crippen LogP contribution in [0.4, 0.5) is 0 Å². The van der Waals surface area contributed by atoms with Crippen molar-refractivity contribution >= 4 is 22.8 Å². The molecule has 0 saturated heterocycles. The van der Waals surface area contributed by atoms with Crippen LogP contribution < -0.4 is 17.0 Å². The number of nitrogens with two attached hydrogens (primary N) is 1. The van der Waals surface area contributed by atoms with Crippen LogP contribution in [0, 0.1) is 19.8 Å². The van der Waals surface area contributed by atoms with Gasteiger partial charge in [0.25, 0.3) is 5.56 Å². The summed E-state index contributed by atoms with van der Waals surface area (Å²) in [4.78, 5) is 42.3. The molecule has 9 nitrogen and oxygen atoms in total. The summed E-state index contributed by atoms with van der Waals surface area (Å²) in [6.45, 7) is 8.34. The van der Waals surface area contributed by atoms with Crippen LogP contribution in [-0.2, 0) is 13.6 Å². The standard InChI is InChI=1S/C22H26N6O3/c1-12(2)10-11-26-20(30)17-19(25(5)22(26)31)24-21-27(13(3)14(4)28(17)21)16-8-6-15(7-9-16)18(23)29/h6-9,12H,10-11H2,1-5H3,(H2,23,29). The van der Waals surface area contributed by atoms with Crippen LogP contribution in [0.2, 0.25) is 0 Å². The summed E-state index contributed by atoms with van der Waals surface area (Å²) in [6.07, 6.45) is 0.730. The van der Waals surface area contributed by atoms with Crippen LogP contribution in [0.5, 0.6) is 0 Å². The summed E-state index contributed by atoms with van der Waals surface area (Å²) in [7, 11) is 1.64. The SMILES string of the molecule is Cc1c(C)n2c3c(=O)n(CCC(C)C)c(=O)n(C)c3nc2n1-c1ccc(C(N)=O)cc1. The molecule has 3 heterocycles. The summed E-state index contributed by atoms with van der Waals surface area (Å²) < 4.78 is 6.44. The number of amides is 1. The third-order valence-corrected chi connectivity index (χ3v) is 5.86. The molecule has 0 bridgehead atoms. The topological polar surface area (TPSA) is 109 Å². The molecule has 4 aromatic rings. The van der Waals surface area contributed by atoms with Gasteiger partial charge in [0, 0.05) is 36.2 Å². The van der Waals surface area contributed by atoms with Gasteiger partial charge < -0.3 is 5.73 Å². The van der Waals surface area contributed by atoms with Crippen molar-refractivity contribution < 1.29 is 4.79 Å². The van der Waals surface area contributed by atoms with Crippen LogP contribution >= 0.6 is 0 Å². The van der Waals surface area contributed by atoms with E-state index < -0.39 is 5.91 Å². The van der Waals surface area contributed by atoms with Gasteiger partial charge in [-0.2, -0.15) is 4.98 Å². The lowest BCUT2D eigenvalue weighted by atomic mass is 10.1. The van der Waals surface area contributed by atoms with E-state index in [4.69, 9.17) is 5.73 Å². The summed E-state index contributed by atoms with van der Waals surface area (Å²) in [5, 5.41) is 0. The van der Waals surface area contributed by atoms with E-state index in [2.05, 4.69) is 18.8 Å². The Morgan fingerprint density at radius 3 is 2.32 bits per heavy atom. The number of carbonyl (C=O) groups excluding carboxylic acids is 1. The van der Waals surface area contributed by atoms with Crippen LogP contribution in [0.25, 0.3) is 22.6 Å². The summed E-state index contributed by atoms with van der Waals surface area (Å²) in [5.41, 5.74) is 8.31. The van der Waals surface area contributed by atoms with Gasteiger partial charge in [-0.1, -0.05) is 13.8 Å². The third kappa shape index (κ3) is 3.08. The number of carbonyl (C=O) groups is 1. The number of aryl methyl sites for hydroxylation is 2. The lowest BCUT2D eigenvalue weighted by Crippen LogP contribution is -2.39. The van der Waals surface area contributed by atoms with Gasteiger partial charge in [0.15, 0.2) is 11.2 Å². The molecule has 0 atom stereocenters. The Bertz CT molecular complexity index is 1450. The van der Waals surface area contributed by atoms with Gasteiger partial charge in [-0.05, 0) is 50.5 Å². The number of imidazole rings is 2. The van der Waals surface area contributed by atoms with E-state index in [-0.39, 0.29) is 11.2 Å². The second kappa shape index (κ2) is 7.26. The van der Waals surface area contributed by atoms with Crippen molar-refractivity contribution in [2.24, 2.45) is 18.7 Å². The fraction of sp³-hybridized carbons (Fsp3) is 0.364. The normalized spacial score (nSPS) is 11.8. The quantitative estimate of drug-likeness (QED) is 0.530. The van der Waals surface area contributed by atoms with Crippen molar-refractivity contribution in [2.45, 2.75) is 40.7 Å². The van der Waals surface area contributed by atoms with E-state index in [1.807, 2.05) is 18.4 Å². The molecule has 4 rings (SSSR count). The molecule has 0 saturated carbocycles. The number of fused-ring (bicyclic) bond motifs is 3. The van der Waals surface area contributed by atoms with Gasteiger partial charge in [0.2, 0.25) is 11.7 Å². The molecule has 2 N–H and O–H groups in total. The Morgan fingerprint density at radius 1 is 1.10 bits per heavy atom. The van der Waals surface area contributed by atoms with Crippen LogP contribution in [0.15, 0.2) is 33.9 Å². The maximum absolute atomic E-state index is 13.3. The molecule has 3 aromatic heterocycles. The lowest BCUT2D eigenvalue weighted by molar-refractivity contribution is 0.100. The van der Waals surface area contributed by atoms with Crippen molar-refractivity contribution in [2.75, 3.05) is 0 Å². The number of hydrogen-bond acceptors (Lipinski definition) is 4. The predicted molar refractivity (Wildman–Crippen MR) is 119 cm³/mol. The summed E-state index contributed by atoms with van der Waals surface area (Å²) >= 11 is 0. The number of hydrogen-bond donors (Lipinski definition) is 1. The smallest absolute Gasteiger partial charge is 0.332 e. The van der Waals surface area contributed by atoms with E-state index in [9.17, 15) is 14.4 Å². The molecule has 0 fully saturated rings. The number of benzene rings is 1. The van der Waals surface area contributed by atoms with Crippen LogP contribution in [0.1, 0.15) is 42.0 Å². The molecular weight excluding hydrogens is 396 g/mol. The fourth-order valence-corrected chi connectivity index (χ4v) is 3.92. The van der Waals surface area contributed by atoms with Gasteiger partial charge in [0.1, 0.15) is 0 Å². The Hall–Kier alpha value is -3.62. The van der Waals surface area contributed by atoms with Crippen molar-refractivity contribution in [3.05, 3.63) is 62.1 Å². The van der Waals surface area contributed by atoms with E-state index in [0.29, 0.717) is 35.0 Å². The van der Waals surface area contributed by atoms with Crippen molar-refractivity contribution in [3.8, 4) is 5.69 Å². The number of rotatable bonds is 5. The van der Waals surface area contributed by atoms with Crippen LogP contribution in [-0.4, -0.2) is 29.0 Å². The zero-order chi connectivity index (χ0) is 22.6. The monoisotopic (exact) mass is 422 g/mol. The number of aromatic nitrogens is 5. The molecule has 0 aliphatic carbocycles. The Balaban J connectivity index is 2.04. The fourth-order valence-electron chi connectivity index (χ4n) is 3.92. The zero-order valence-corrected chi connectivity index (χ0v) is 18.3. The zero-order valence-electron chi connectivity index (χ0n) is 18.3. The molecule has 31 heavy (non-hydrogen) atoms. The van der Waals surface area contributed by atoms with E-state index in [1.165, 1.54) is 9.13 Å². The first-order valence-corrected chi connectivity index (χ1v) is 10.2. The van der Waals surface area contributed by atoms with Gasteiger partial charge in [-0.3, -0.25) is 27.7 Å². The minimum Gasteiger partial charge on any atom is -0.366 e. The molecule has 0 unspecified atom stereocenters. The van der Waals surface area contributed by atoms with Crippen LogP contribution in [0.3, 0.4) is 0 Å². The second-order valence-corrected chi connectivity index (χ2v) is 8.32. The van der Waals surface area contributed by atoms with E-state index in [1.54, 1.807) is 35.7 Å². The Labute approximate surface area is 178 Å². The minimum atomic E-state index is -0.499. The first-order valence-electron chi connectivity index (χ1n) is 10.2. The molecule has 0 spiro atoms. The highest BCUT2D eigenvalue weighted by Crippen LogP contribution is 2.24. The van der Waals surface area contributed by atoms with Crippen molar-refractivity contribution in [1.82, 2.24) is 23.1 Å². The number of primary amides is 1. The van der Waals surface area contributed by atoms with Gasteiger partial charge in [0.05, 0.1) is 0 Å². The largest absolute Gasteiger partial charge is 0.366 e. The molecule has 0 aliphatic heterocycles. The highest BCUT2D eigenvalue weighted by molar-refractivity contribution is 5.93. The van der Waals surface area contributed by atoms with E-state index >= 15 is 0 Å². The average molecular weight is 422 g/mol. The second-order valence-electron chi connectivity index (χ2n) is 8.32. The highest BCUT2D eigenvalue weighted by atomic mass is 16.2. The predicted octanol–water partition coefficient (Wildman–Crippen LogP) is 1.90. The molecule has 0 aliphatic rings. The maximum Gasteiger partial charge on any atom is 0.332 e. The Kier molecular flexibility index (Phi) is 4.83. The van der Waals surface area contributed by atoms with Gasteiger partial charge in [-0.15, -0.1) is 0 Å². The molecule has 9 heteroatoms. The number of nitrogens with zero attached hydrogens (tertiary/aromatic N) is 5. The molecule has 1 aromatic carbocycles. The molecule has 1 amide bonds. The first-order chi connectivity index (χ1) is 14.6. The molecular formula is C22H26N6O3. The highest BCUT2D eigenvalue weighted by Gasteiger charge is 2.23. The summed E-state index contributed by atoms with van der Waals surface area (Å²) in [5.74, 6) is 0.400. The minimum absolute atomic E-state index is 0.337. The van der Waals surface area contributed by atoms with Crippen molar-refractivity contribution in [1.29, 1.82) is 0 Å². The third-order valence-electron chi connectivity index (χ3n) is 5.86.